The maximum atomic E-state index is 5.87. The van der Waals surface area contributed by atoms with Gasteiger partial charge in [0.25, 0.3) is 0 Å². The first-order valence-corrected chi connectivity index (χ1v) is 11.3. The molecule has 2 aromatic heterocycles. The molecule has 0 bridgehead atoms. The van der Waals surface area contributed by atoms with Gasteiger partial charge in [0.05, 0.1) is 24.9 Å². The van der Waals surface area contributed by atoms with E-state index in [1.54, 1.807) is 18.6 Å². The monoisotopic (exact) mass is 441 g/mol. The average molecular weight is 442 g/mol. The summed E-state index contributed by atoms with van der Waals surface area (Å²) in [4.78, 5) is 17.4. The van der Waals surface area contributed by atoms with Crippen molar-refractivity contribution in [1.82, 2.24) is 15.0 Å². The molecule has 2 aromatic carbocycles. The van der Waals surface area contributed by atoms with E-state index in [9.17, 15) is 0 Å². The molecule has 0 spiro atoms. The first-order valence-electron chi connectivity index (χ1n) is 11.3. The molecule has 4 aromatic rings. The average Bonchev–Trinajstić information content (AvgIpc) is 2.89. The van der Waals surface area contributed by atoms with Crippen LogP contribution in [0.5, 0.6) is 11.8 Å². The van der Waals surface area contributed by atoms with Gasteiger partial charge in [-0.05, 0) is 54.4 Å². The Kier molecular flexibility index (Phi) is 6.04. The summed E-state index contributed by atoms with van der Waals surface area (Å²) in [6.07, 6.45) is 6.18. The molecule has 0 aliphatic carbocycles. The summed E-state index contributed by atoms with van der Waals surface area (Å²) in [5.74, 6) is 0.686. The van der Waals surface area contributed by atoms with E-state index in [2.05, 4.69) is 56.9 Å². The van der Waals surface area contributed by atoms with E-state index in [0.717, 1.165) is 55.0 Å². The van der Waals surface area contributed by atoms with Gasteiger partial charge in [-0.3, -0.25) is 4.98 Å². The Morgan fingerprint density at radius 1 is 1.00 bits per heavy atom. The van der Waals surface area contributed by atoms with E-state index in [0.29, 0.717) is 11.8 Å². The molecule has 0 unspecified atom stereocenters. The zero-order valence-electron chi connectivity index (χ0n) is 18.9. The van der Waals surface area contributed by atoms with E-state index in [1.165, 1.54) is 11.3 Å². The molecule has 5 rings (SSSR count). The van der Waals surface area contributed by atoms with Crippen LogP contribution in [0.2, 0.25) is 0 Å². The zero-order valence-corrected chi connectivity index (χ0v) is 18.9. The van der Waals surface area contributed by atoms with Gasteiger partial charge in [-0.15, -0.1) is 0 Å². The number of fused-ring (bicyclic) bond motifs is 1. The van der Waals surface area contributed by atoms with Crippen molar-refractivity contribution in [2.45, 2.75) is 13.3 Å². The summed E-state index contributed by atoms with van der Waals surface area (Å²) in [5, 5.41) is 0.930. The topological polar surface area (TPSA) is 63.6 Å². The van der Waals surface area contributed by atoms with Crippen LogP contribution < -0.4 is 14.5 Å². The van der Waals surface area contributed by atoms with Crippen LogP contribution in [0.4, 0.5) is 17.1 Å². The van der Waals surface area contributed by atoms with Crippen LogP contribution in [0.3, 0.4) is 0 Å². The van der Waals surface area contributed by atoms with E-state index in [1.807, 2.05) is 30.3 Å². The predicted octanol–water partition coefficient (Wildman–Crippen LogP) is 4.98. The molecule has 0 N–H and O–H groups in total. The minimum absolute atomic E-state index is 0.307. The molecule has 7 nitrogen and oxygen atoms in total. The van der Waals surface area contributed by atoms with E-state index in [-0.39, 0.29) is 0 Å². The number of rotatable bonds is 6. The van der Waals surface area contributed by atoms with Crippen LogP contribution in [0.1, 0.15) is 12.5 Å². The fraction of sp³-hybridized carbons (Fsp3) is 0.269. The summed E-state index contributed by atoms with van der Waals surface area (Å²) in [5.41, 5.74) is 5.64. The number of hydrogen-bond acceptors (Lipinski definition) is 7. The number of aryl methyl sites for hydroxylation is 1. The molecule has 1 aliphatic heterocycles. The molecule has 168 valence electrons. The number of pyridine rings is 1. The Bertz CT molecular complexity index is 1240. The van der Waals surface area contributed by atoms with E-state index >= 15 is 0 Å². The third kappa shape index (κ3) is 4.59. The molecule has 33 heavy (non-hydrogen) atoms. The van der Waals surface area contributed by atoms with Crippen LogP contribution in [0.25, 0.3) is 10.9 Å². The number of anilines is 3. The van der Waals surface area contributed by atoms with Crippen molar-refractivity contribution in [3.8, 4) is 11.8 Å². The Labute approximate surface area is 193 Å². The number of benzene rings is 2. The molecule has 1 fully saturated rings. The first kappa shape index (κ1) is 21.2. The number of aromatic nitrogens is 3. The van der Waals surface area contributed by atoms with E-state index in [4.69, 9.17) is 9.47 Å². The SMILES string of the molecule is CCc1ccc(N(C)c2ccc(Oc3ncc4ccncc4n3)cc2)cc1N1CCOCC1. The highest BCUT2D eigenvalue weighted by Crippen LogP contribution is 2.32. The minimum Gasteiger partial charge on any atom is -0.424 e. The number of ether oxygens (including phenoxy) is 2. The first-order chi connectivity index (χ1) is 16.2. The summed E-state index contributed by atoms with van der Waals surface area (Å²) in [6, 6.07) is 16.8. The summed E-state index contributed by atoms with van der Waals surface area (Å²) >= 11 is 0. The lowest BCUT2D eigenvalue weighted by molar-refractivity contribution is 0.122. The van der Waals surface area contributed by atoms with Gasteiger partial charge < -0.3 is 19.3 Å². The molecule has 3 heterocycles. The lowest BCUT2D eigenvalue weighted by atomic mass is 10.1. The zero-order chi connectivity index (χ0) is 22.6. The normalized spacial score (nSPS) is 13.8. The Hall–Kier alpha value is -3.71. The quantitative estimate of drug-likeness (QED) is 0.418. The highest BCUT2D eigenvalue weighted by Gasteiger charge is 2.16. The Morgan fingerprint density at radius 3 is 2.58 bits per heavy atom. The second kappa shape index (κ2) is 9.42. The van der Waals surface area contributed by atoms with Crippen molar-refractivity contribution < 1.29 is 9.47 Å². The van der Waals surface area contributed by atoms with Gasteiger partial charge in [0.1, 0.15) is 5.75 Å². The van der Waals surface area contributed by atoms with Gasteiger partial charge in [0.15, 0.2) is 0 Å². The molecule has 0 radical (unpaired) electrons. The third-order valence-electron chi connectivity index (χ3n) is 5.98. The molecule has 1 saturated heterocycles. The molecule has 7 heteroatoms. The van der Waals surface area contributed by atoms with Crippen molar-refractivity contribution in [3.63, 3.8) is 0 Å². The summed E-state index contributed by atoms with van der Waals surface area (Å²) in [7, 11) is 2.08. The lowest BCUT2D eigenvalue weighted by Gasteiger charge is -2.32. The fourth-order valence-electron chi connectivity index (χ4n) is 4.06. The van der Waals surface area contributed by atoms with Crippen LogP contribution in [0, 0.1) is 0 Å². The highest BCUT2D eigenvalue weighted by molar-refractivity contribution is 5.76. The van der Waals surface area contributed by atoms with Crippen molar-refractivity contribution in [2.24, 2.45) is 0 Å². The van der Waals surface area contributed by atoms with Crippen molar-refractivity contribution in [1.29, 1.82) is 0 Å². The molecule has 1 aliphatic rings. The highest BCUT2D eigenvalue weighted by atomic mass is 16.5. The molecular formula is C26H27N5O2. The molecule has 0 saturated carbocycles. The van der Waals surface area contributed by atoms with E-state index < -0.39 is 0 Å². The van der Waals surface area contributed by atoms with Crippen LogP contribution in [-0.2, 0) is 11.2 Å². The predicted molar refractivity (Wildman–Crippen MR) is 131 cm³/mol. The second-order valence-corrected chi connectivity index (χ2v) is 8.01. The van der Waals surface area contributed by atoms with Crippen LogP contribution in [-0.4, -0.2) is 48.3 Å². The summed E-state index contributed by atoms with van der Waals surface area (Å²) < 4.78 is 11.4. The smallest absolute Gasteiger partial charge is 0.322 e. The van der Waals surface area contributed by atoms with Gasteiger partial charge >= 0.3 is 6.01 Å². The third-order valence-corrected chi connectivity index (χ3v) is 5.98. The summed E-state index contributed by atoms with van der Waals surface area (Å²) in [6.45, 7) is 5.62. The van der Waals surface area contributed by atoms with Gasteiger partial charge in [-0.25, -0.2) is 4.98 Å². The van der Waals surface area contributed by atoms with Crippen molar-refractivity contribution in [3.05, 3.63) is 72.7 Å². The van der Waals surface area contributed by atoms with Crippen molar-refractivity contribution >= 4 is 28.0 Å². The Balaban J connectivity index is 1.34. The van der Waals surface area contributed by atoms with Gasteiger partial charge in [-0.2, -0.15) is 4.98 Å². The van der Waals surface area contributed by atoms with Crippen molar-refractivity contribution in [2.75, 3.05) is 43.2 Å². The number of hydrogen-bond donors (Lipinski definition) is 0. The van der Waals surface area contributed by atoms with Gasteiger partial charge in [-0.1, -0.05) is 13.0 Å². The fourth-order valence-corrected chi connectivity index (χ4v) is 4.06. The van der Waals surface area contributed by atoms with Gasteiger partial charge in [0.2, 0.25) is 0 Å². The number of morpholine rings is 1. The molecule has 0 atom stereocenters. The lowest BCUT2D eigenvalue weighted by Crippen LogP contribution is -2.36. The van der Waals surface area contributed by atoms with Crippen LogP contribution in [0.15, 0.2) is 67.1 Å². The number of nitrogens with zero attached hydrogens (tertiary/aromatic N) is 5. The van der Waals surface area contributed by atoms with Gasteiger partial charge in [0, 0.05) is 55.0 Å². The largest absolute Gasteiger partial charge is 0.424 e. The Morgan fingerprint density at radius 2 is 1.79 bits per heavy atom. The maximum absolute atomic E-state index is 5.87. The van der Waals surface area contributed by atoms with Crippen LogP contribution >= 0.6 is 0 Å². The maximum Gasteiger partial charge on any atom is 0.322 e. The molecular weight excluding hydrogens is 414 g/mol. The second-order valence-electron chi connectivity index (χ2n) is 8.01. The standard InChI is InChI=1S/C26H27N5O2/c1-3-19-4-5-22(16-25(19)31-12-14-32-15-13-31)30(2)21-6-8-23(9-7-21)33-26-28-17-20-10-11-27-18-24(20)29-26/h4-11,16-18H,3,12-15H2,1-2H3. The molecule has 0 amide bonds. The minimum atomic E-state index is 0.307.